The molecule has 0 aromatic heterocycles. The van der Waals surface area contributed by atoms with Gasteiger partial charge >= 0.3 is 0 Å². The maximum Gasteiger partial charge on any atom is 0.293 e. The number of nitrogens with one attached hydrogen (secondary N) is 2. The number of hydrogen-bond acceptors (Lipinski definition) is 7. The van der Waals surface area contributed by atoms with Gasteiger partial charge in [0.1, 0.15) is 5.69 Å². The zero-order valence-electron chi connectivity index (χ0n) is 20.3. The standard InChI is InChI=1S/C23H39N5O4S/c1-17(2)23(27-13-11-26(4)12-14-27)16-24-21-10-9-20(15-22(21)28(29)30)33(31,32)25-19-7-5-18(3)6-8-19/h9-10,15,17-19,23-25H,5-8,11-14,16H2,1-4H3/t18?,19?,23-/m1/s1. The van der Waals surface area contributed by atoms with E-state index in [4.69, 9.17) is 0 Å². The molecule has 2 aliphatic rings. The van der Waals surface area contributed by atoms with E-state index in [0.717, 1.165) is 51.9 Å². The van der Waals surface area contributed by atoms with Crippen LogP contribution in [0.25, 0.3) is 0 Å². The zero-order chi connectivity index (χ0) is 24.2. The molecule has 1 aliphatic heterocycles. The Morgan fingerprint density at radius 1 is 1.12 bits per heavy atom. The first kappa shape index (κ1) is 25.9. The van der Waals surface area contributed by atoms with Crippen molar-refractivity contribution in [3.63, 3.8) is 0 Å². The van der Waals surface area contributed by atoms with Gasteiger partial charge in [0.05, 0.1) is 9.82 Å². The van der Waals surface area contributed by atoms with E-state index in [1.807, 2.05) is 0 Å². The SMILES string of the molecule is CC1CCC(NS(=O)(=O)c2ccc(NC[C@H](C(C)C)N3CCN(C)CC3)c([N+](=O)[O-])c2)CC1. The predicted molar refractivity (Wildman–Crippen MR) is 131 cm³/mol. The molecule has 1 atom stereocenters. The van der Waals surface area contributed by atoms with Gasteiger partial charge in [-0.05, 0) is 56.7 Å². The van der Waals surface area contributed by atoms with E-state index in [2.05, 4.69) is 47.7 Å². The zero-order valence-corrected chi connectivity index (χ0v) is 21.1. The topological polar surface area (TPSA) is 108 Å². The first-order chi connectivity index (χ1) is 15.6. The number of hydrogen-bond donors (Lipinski definition) is 2. The number of nitro benzene ring substituents is 1. The van der Waals surface area contributed by atoms with Crippen molar-refractivity contribution in [1.29, 1.82) is 0 Å². The van der Waals surface area contributed by atoms with Crippen LogP contribution >= 0.6 is 0 Å². The van der Waals surface area contributed by atoms with Gasteiger partial charge in [-0.3, -0.25) is 15.0 Å². The Kier molecular flexibility index (Phi) is 8.71. The molecule has 0 bridgehead atoms. The fourth-order valence-electron chi connectivity index (χ4n) is 4.80. The van der Waals surface area contributed by atoms with Crippen molar-refractivity contribution in [1.82, 2.24) is 14.5 Å². The largest absolute Gasteiger partial charge is 0.378 e. The summed E-state index contributed by atoms with van der Waals surface area (Å²) in [6.45, 7) is 11.0. The Morgan fingerprint density at radius 3 is 2.33 bits per heavy atom. The van der Waals surface area contributed by atoms with Crippen LogP contribution in [0.1, 0.15) is 46.5 Å². The van der Waals surface area contributed by atoms with Crippen molar-refractivity contribution in [2.24, 2.45) is 11.8 Å². The molecule has 33 heavy (non-hydrogen) atoms. The molecule has 2 N–H and O–H groups in total. The van der Waals surface area contributed by atoms with Crippen LogP contribution in [-0.2, 0) is 10.0 Å². The number of nitro groups is 1. The smallest absolute Gasteiger partial charge is 0.293 e. The highest BCUT2D eigenvalue weighted by Gasteiger charge is 2.28. The summed E-state index contributed by atoms with van der Waals surface area (Å²) in [7, 11) is -1.70. The monoisotopic (exact) mass is 481 g/mol. The van der Waals surface area contributed by atoms with Crippen molar-refractivity contribution in [3.05, 3.63) is 28.3 Å². The summed E-state index contributed by atoms with van der Waals surface area (Å²) >= 11 is 0. The molecular formula is C23H39N5O4S. The van der Waals surface area contributed by atoms with E-state index in [-0.39, 0.29) is 22.7 Å². The number of sulfonamides is 1. The minimum atomic E-state index is -3.81. The molecule has 0 amide bonds. The lowest BCUT2D eigenvalue weighted by molar-refractivity contribution is -0.384. The summed E-state index contributed by atoms with van der Waals surface area (Å²) in [5, 5.41) is 15.0. The number of nitrogens with zero attached hydrogens (tertiary/aromatic N) is 3. The van der Waals surface area contributed by atoms with Gasteiger partial charge in [-0.1, -0.05) is 20.8 Å². The molecule has 1 saturated heterocycles. The summed E-state index contributed by atoms with van der Waals surface area (Å²) in [5.74, 6) is 0.986. The normalized spacial score (nSPS) is 24.0. The van der Waals surface area contributed by atoms with Crippen molar-refractivity contribution in [2.45, 2.75) is 63.4 Å². The van der Waals surface area contributed by atoms with Gasteiger partial charge < -0.3 is 10.2 Å². The first-order valence-corrected chi connectivity index (χ1v) is 13.5. The average Bonchev–Trinajstić information content (AvgIpc) is 2.76. The quantitative estimate of drug-likeness (QED) is 0.412. The minimum Gasteiger partial charge on any atom is -0.378 e. The molecule has 186 valence electrons. The summed E-state index contributed by atoms with van der Waals surface area (Å²) in [6, 6.07) is 4.28. The Bertz CT molecular complexity index is 907. The highest BCUT2D eigenvalue weighted by atomic mass is 32.2. The van der Waals surface area contributed by atoms with Crippen molar-refractivity contribution >= 4 is 21.4 Å². The van der Waals surface area contributed by atoms with Gasteiger partial charge in [0.15, 0.2) is 0 Å². The van der Waals surface area contributed by atoms with Gasteiger partial charge in [0, 0.05) is 50.9 Å². The number of benzene rings is 1. The third-order valence-corrected chi connectivity index (χ3v) is 8.61. The summed E-state index contributed by atoms with van der Waals surface area (Å²) in [5.41, 5.74) is 0.140. The maximum atomic E-state index is 12.9. The molecule has 3 rings (SSSR count). The fourth-order valence-corrected chi connectivity index (χ4v) is 6.12. The van der Waals surface area contributed by atoms with E-state index < -0.39 is 14.9 Å². The third-order valence-electron chi connectivity index (χ3n) is 7.09. The molecule has 1 saturated carbocycles. The first-order valence-electron chi connectivity index (χ1n) is 12.0. The average molecular weight is 482 g/mol. The highest BCUT2D eigenvalue weighted by Crippen LogP contribution is 2.30. The lowest BCUT2D eigenvalue weighted by atomic mass is 9.88. The van der Waals surface area contributed by atoms with Gasteiger partial charge in [0.2, 0.25) is 10.0 Å². The van der Waals surface area contributed by atoms with Crippen LogP contribution in [0.2, 0.25) is 0 Å². The van der Waals surface area contributed by atoms with E-state index in [1.54, 1.807) is 0 Å². The molecule has 0 radical (unpaired) electrons. The summed E-state index contributed by atoms with van der Waals surface area (Å²) in [6.07, 6.45) is 3.57. The number of rotatable bonds is 9. The predicted octanol–water partition coefficient (Wildman–Crippen LogP) is 3.14. The van der Waals surface area contributed by atoms with Crippen LogP contribution in [0.4, 0.5) is 11.4 Å². The van der Waals surface area contributed by atoms with E-state index >= 15 is 0 Å². The van der Waals surface area contributed by atoms with Crippen molar-refractivity contribution < 1.29 is 13.3 Å². The third kappa shape index (κ3) is 6.88. The van der Waals surface area contributed by atoms with Crippen LogP contribution < -0.4 is 10.0 Å². The Morgan fingerprint density at radius 2 is 1.76 bits per heavy atom. The molecule has 1 aromatic carbocycles. The second kappa shape index (κ2) is 11.1. The fraction of sp³-hybridized carbons (Fsp3) is 0.739. The van der Waals surface area contributed by atoms with Gasteiger partial charge in [-0.15, -0.1) is 0 Å². The van der Waals surface area contributed by atoms with Gasteiger partial charge in [0.25, 0.3) is 5.69 Å². The number of anilines is 1. The Labute approximate surface area is 198 Å². The maximum absolute atomic E-state index is 12.9. The second-order valence-electron chi connectivity index (χ2n) is 10.0. The van der Waals surface area contributed by atoms with Crippen molar-refractivity contribution in [2.75, 3.05) is 45.1 Å². The van der Waals surface area contributed by atoms with Crippen LogP contribution in [0.5, 0.6) is 0 Å². The van der Waals surface area contributed by atoms with Gasteiger partial charge in [-0.25, -0.2) is 13.1 Å². The van der Waals surface area contributed by atoms with E-state index in [0.29, 0.717) is 24.1 Å². The number of piperazine rings is 1. The van der Waals surface area contributed by atoms with E-state index in [1.165, 1.54) is 18.2 Å². The molecule has 1 aliphatic carbocycles. The van der Waals surface area contributed by atoms with Crippen molar-refractivity contribution in [3.8, 4) is 0 Å². The van der Waals surface area contributed by atoms with Crippen LogP contribution in [0.3, 0.4) is 0 Å². The van der Waals surface area contributed by atoms with Gasteiger partial charge in [-0.2, -0.15) is 0 Å². The minimum absolute atomic E-state index is 0.0575. The molecule has 0 spiro atoms. The lowest BCUT2D eigenvalue weighted by Gasteiger charge is -2.40. The molecular weight excluding hydrogens is 442 g/mol. The second-order valence-corrected chi connectivity index (χ2v) is 11.8. The highest BCUT2D eigenvalue weighted by molar-refractivity contribution is 7.89. The summed E-state index contributed by atoms with van der Waals surface area (Å²) in [4.78, 5) is 15.9. The molecule has 10 heteroatoms. The molecule has 2 fully saturated rings. The Hall–Kier alpha value is -1.75. The van der Waals surface area contributed by atoms with Crippen LogP contribution in [-0.4, -0.2) is 75.0 Å². The number of likely N-dealkylation sites (N-methyl/N-ethyl adjacent to an activating group) is 1. The van der Waals surface area contributed by atoms with E-state index in [9.17, 15) is 18.5 Å². The molecule has 0 unspecified atom stereocenters. The lowest BCUT2D eigenvalue weighted by Crippen LogP contribution is -2.52. The van der Waals surface area contributed by atoms with Crippen LogP contribution in [0.15, 0.2) is 23.1 Å². The van der Waals surface area contributed by atoms with Crippen LogP contribution in [0, 0.1) is 22.0 Å². The summed E-state index contributed by atoms with van der Waals surface area (Å²) < 4.78 is 28.5. The molecule has 1 heterocycles. The Balaban J connectivity index is 1.72. The molecule has 1 aromatic rings. The molecule has 9 nitrogen and oxygen atoms in total.